The number of likely N-dealkylation sites (tertiary alicyclic amines) is 1. The van der Waals surface area contributed by atoms with Crippen LogP contribution in [0, 0.1) is 10.1 Å². The number of aliphatic hydroxyl groups excluding tert-OH is 1. The Morgan fingerprint density at radius 3 is 2.75 bits per heavy atom. The van der Waals surface area contributed by atoms with E-state index < -0.39 is 17.1 Å². The van der Waals surface area contributed by atoms with E-state index in [1.807, 2.05) is 0 Å². The number of hydrogen-bond acceptors (Lipinski definition) is 5. The molecule has 1 aliphatic heterocycles. The molecule has 1 aromatic rings. The molecule has 7 heteroatoms. The van der Waals surface area contributed by atoms with Gasteiger partial charge in [-0.1, -0.05) is 0 Å². The molecule has 1 N–H and O–H groups in total. The minimum atomic E-state index is -0.490. The van der Waals surface area contributed by atoms with Gasteiger partial charge in [0.15, 0.2) is 0 Å². The first-order valence-electron chi connectivity index (χ1n) is 6.39. The number of piperidine rings is 1. The van der Waals surface area contributed by atoms with Gasteiger partial charge in [0.25, 0.3) is 5.69 Å². The second-order valence-electron chi connectivity index (χ2n) is 4.72. The van der Waals surface area contributed by atoms with Gasteiger partial charge >= 0.3 is 6.09 Å². The third-order valence-electron chi connectivity index (χ3n) is 3.16. The van der Waals surface area contributed by atoms with Gasteiger partial charge in [0.1, 0.15) is 6.61 Å². The Balaban J connectivity index is 1.85. The highest BCUT2D eigenvalue weighted by molar-refractivity contribution is 5.67. The van der Waals surface area contributed by atoms with Gasteiger partial charge in [-0.05, 0) is 30.5 Å². The van der Waals surface area contributed by atoms with Crippen molar-refractivity contribution in [2.75, 3.05) is 13.1 Å². The van der Waals surface area contributed by atoms with Crippen LogP contribution in [-0.4, -0.2) is 40.2 Å². The summed E-state index contributed by atoms with van der Waals surface area (Å²) >= 11 is 0. The van der Waals surface area contributed by atoms with Gasteiger partial charge in [-0.2, -0.15) is 0 Å². The number of nitro groups is 1. The van der Waals surface area contributed by atoms with Crippen molar-refractivity contribution in [3.8, 4) is 0 Å². The van der Waals surface area contributed by atoms with Crippen molar-refractivity contribution in [1.29, 1.82) is 0 Å². The normalized spacial score (nSPS) is 18.6. The van der Waals surface area contributed by atoms with E-state index in [2.05, 4.69) is 0 Å². The molecule has 1 atom stereocenters. The topological polar surface area (TPSA) is 92.9 Å². The molecule has 0 spiro atoms. The van der Waals surface area contributed by atoms with Gasteiger partial charge in [0.05, 0.1) is 11.0 Å². The Morgan fingerprint density at radius 2 is 2.15 bits per heavy atom. The quantitative estimate of drug-likeness (QED) is 0.671. The fraction of sp³-hybridized carbons (Fsp3) is 0.462. The molecule has 0 aromatic heterocycles. The molecule has 0 bridgehead atoms. The lowest BCUT2D eigenvalue weighted by Crippen LogP contribution is -2.42. The fourth-order valence-electron chi connectivity index (χ4n) is 2.07. The van der Waals surface area contributed by atoms with Crippen LogP contribution < -0.4 is 0 Å². The summed E-state index contributed by atoms with van der Waals surface area (Å²) in [5.74, 6) is 0. The van der Waals surface area contributed by atoms with Crippen LogP contribution in [0.1, 0.15) is 18.4 Å². The number of carbonyl (C=O) groups excluding carboxylic acids is 1. The summed E-state index contributed by atoms with van der Waals surface area (Å²) in [5.41, 5.74) is 0.681. The van der Waals surface area contributed by atoms with E-state index >= 15 is 0 Å². The Hall–Kier alpha value is -2.15. The zero-order chi connectivity index (χ0) is 14.5. The molecule has 1 fully saturated rings. The van der Waals surface area contributed by atoms with E-state index in [1.54, 1.807) is 12.1 Å². The fourth-order valence-corrected chi connectivity index (χ4v) is 2.07. The van der Waals surface area contributed by atoms with E-state index in [-0.39, 0.29) is 12.3 Å². The Bertz CT molecular complexity index is 488. The molecule has 0 saturated carbocycles. The number of nitro benzene ring substituents is 1. The van der Waals surface area contributed by atoms with Gasteiger partial charge in [-0.15, -0.1) is 0 Å². The van der Waals surface area contributed by atoms with Crippen molar-refractivity contribution >= 4 is 11.8 Å². The number of benzene rings is 1. The molecular weight excluding hydrogens is 264 g/mol. The summed E-state index contributed by atoms with van der Waals surface area (Å²) in [4.78, 5) is 23.3. The third-order valence-corrected chi connectivity index (χ3v) is 3.16. The van der Waals surface area contributed by atoms with Crippen LogP contribution >= 0.6 is 0 Å². The molecule has 2 rings (SSSR count). The molecule has 1 aromatic carbocycles. The largest absolute Gasteiger partial charge is 0.445 e. The van der Waals surface area contributed by atoms with Crippen LogP contribution in [0.5, 0.6) is 0 Å². The first-order valence-corrected chi connectivity index (χ1v) is 6.39. The molecule has 108 valence electrons. The van der Waals surface area contributed by atoms with Gasteiger partial charge in [0, 0.05) is 25.2 Å². The molecule has 0 radical (unpaired) electrons. The van der Waals surface area contributed by atoms with Crippen LogP contribution in [0.2, 0.25) is 0 Å². The maximum Gasteiger partial charge on any atom is 0.410 e. The number of ether oxygens (including phenoxy) is 1. The minimum absolute atomic E-state index is 0.000714. The average Bonchev–Trinajstić information content (AvgIpc) is 2.45. The molecular formula is C13H16N2O5. The Kier molecular flexibility index (Phi) is 4.52. The number of amides is 1. The van der Waals surface area contributed by atoms with Crippen LogP contribution in [0.4, 0.5) is 10.5 Å². The molecule has 7 nitrogen and oxygen atoms in total. The number of aliphatic hydroxyl groups is 1. The minimum Gasteiger partial charge on any atom is -0.445 e. The predicted octanol–water partition coefficient (Wildman–Crippen LogP) is 1.69. The third kappa shape index (κ3) is 3.67. The highest BCUT2D eigenvalue weighted by Gasteiger charge is 2.23. The molecule has 1 saturated heterocycles. The van der Waals surface area contributed by atoms with Crippen LogP contribution in [0.3, 0.4) is 0 Å². The smallest absolute Gasteiger partial charge is 0.410 e. The van der Waals surface area contributed by atoms with Gasteiger partial charge in [0.2, 0.25) is 0 Å². The maximum atomic E-state index is 11.8. The highest BCUT2D eigenvalue weighted by atomic mass is 16.6. The molecule has 1 unspecified atom stereocenters. The lowest BCUT2D eigenvalue weighted by molar-refractivity contribution is -0.384. The Labute approximate surface area is 115 Å². The van der Waals surface area contributed by atoms with Gasteiger partial charge in [-0.3, -0.25) is 10.1 Å². The number of rotatable bonds is 3. The van der Waals surface area contributed by atoms with Crippen LogP contribution in [-0.2, 0) is 11.3 Å². The number of β-amino-alcohol motifs (C(OH)–C–C–N with tert-alkyl or cyclic N) is 1. The van der Waals surface area contributed by atoms with Crippen molar-refractivity contribution in [2.24, 2.45) is 0 Å². The number of non-ortho nitro benzene ring substituents is 1. The monoisotopic (exact) mass is 280 g/mol. The van der Waals surface area contributed by atoms with E-state index in [0.29, 0.717) is 25.1 Å². The molecule has 20 heavy (non-hydrogen) atoms. The molecule has 1 amide bonds. The van der Waals surface area contributed by atoms with E-state index in [0.717, 1.165) is 6.42 Å². The van der Waals surface area contributed by atoms with Crippen LogP contribution in [0.25, 0.3) is 0 Å². The van der Waals surface area contributed by atoms with E-state index in [1.165, 1.54) is 17.0 Å². The van der Waals surface area contributed by atoms with Crippen molar-refractivity contribution in [3.63, 3.8) is 0 Å². The number of hydrogen-bond donors (Lipinski definition) is 1. The average molecular weight is 280 g/mol. The maximum absolute atomic E-state index is 11.8. The Morgan fingerprint density at radius 1 is 1.45 bits per heavy atom. The SMILES string of the molecule is O=C(OCc1ccc([N+](=O)[O-])cc1)N1CCCC(O)C1. The van der Waals surface area contributed by atoms with Gasteiger partial charge in [-0.25, -0.2) is 4.79 Å². The van der Waals surface area contributed by atoms with Crippen molar-refractivity contribution in [1.82, 2.24) is 4.90 Å². The standard InChI is InChI=1S/C13H16N2O5/c16-12-2-1-7-14(8-12)13(17)20-9-10-3-5-11(6-4-10)15(18)19/h3-6,12,16H,1-2,7-9H2. The zero-order valence-corrected chi connectivity index (χ0v) is 10.9. The van der Waals surface area contributed by atoms with Gasteiger partial charge < -0.3 is 14.7 Å². The highest BCUT2D eigenvalue weighted by Crippen LogP contribution is 2.14. The first kappa shape index (κ1) is 14.3. The van der Waals surface area contributed by atoms with Crippen molar-refractivity contribution in [2.45, 2.75) is 25.6 Å². The lowest BCUT2D eigenvalue weighted by Gasteiger charge is -2.29. The summed E-state index contributed by atoms with van der Waals surface area (Å²) in [6.07, 6.45) is 0.498. The summed E-state index contributed by atoms with van der Waals surface area (Å²) < 4.78 is 5.12. The summed E-state index contributed by atoms with van der Waals surface area (Å²) in [6.45, 7) is 0.929. The van der Waals surface area contributed by atoms with Crippen molar-refractivity contribution in [3.05, 3.63) is 39.9 Å². The molecule has 0 aliphatic carbocycles. The van der Waals surface area contributed by atoms with Crippen LogP contribution in [0.15, 0.2) is 24.3 Å². The first-order chi connectivity index (χ1) is 9.56. The second-order valence-corrected chi connectivity index (χ2v) is 4.72. The van der Waals surface area contributed by atoms with E-state index in [9.17, 15) is 20.0 Å². The summed E-state index contributed by atoms with van der Waals surface area (Å²) in [7, 11) is 0. The molecule has 1 aliphatic rings. The number of carbonyl (C=O) groups is 1. The predicted molar refractivity (Wildman–Crippen MR) is 70.1 cm³/mol. The summed E-state index contributed by atoms with van der Waals surface area (Å²) in [6, 6.07) is 5.84. The summed E-state index contributed by atoms with van der Waals surface area (Å²) in [5, 5.41) is 20.0. The number of nitrogens with zero attached hydrogens (tertiary/aromatic N) is 2. The van der Waals surface area contributed by atoms with Crippen molar-refractivity contribution < 1.29 is 19.6 Å². The zero-order valence-electron chi connectivity index (χ0n) is 10.9. The lowest BCUT2D eigenvalue weighted by atomic mass is 10.1. The second kappa shape index (κ2) is 6.33. The van der Waals surface area contributed by atoms with E-state index in [4.69, 9.17) is 4.74 Å². The molecule has 1 heterocycles.